The summed E-state index contributed by atoms with van der Waals surface area (Å²) in [6.07, 6.45) is 3.77. The number of para-hydroxylation sites is 1. The van der Waals surface area contributed by atoms with Crippen molar-refractivity contribution < 1.29 is 9.18 Å². The molecule has 0 atom stereocenters. The molecule has 4 rings (SSSR count). The molecule has 124 valence electrons. The van der Waals surface area contributed by atoms with Crippen molar-refractivity contribution in [1.29, 1.82) is 0 Å². The van der Waals surface area contributed by atoms with Crippen LogP contribution >= 0.6 is 12.2 Å². The van der Waals surface area contributed by atoms with Gasteiger partial charge < -0.3 is 9.88 Å². The smallest absolute Gasteiger partial charge is 0.273 e. The molecule has 0 unspecified atom stereocenters. The molecule has 0 bridgehead atoms. The summed E-state index contributed by atoms with van der Waals surface area (Å²) in [6.45, 7) is 0.613. The van der Waals surface area contributed by atoms with Crippen LogP contribution in [0.15, 0.2) is 60.4 Å². The van der Waals surface area contributed by atoms with Crippen molar-refractivity contribution in [2.24, 2.45) is 0 Å². The quantitative estimate of drug-likeness (QED) is 0.563. The average molecular weight is 351 g/mol. The van der Waals surface area contributed by atoms with E-state index in [1.54, 1.807) is 18.2 Å². The number of aromatic nitrogens is 1. The van der Waals surface area contributed by atoms with Crippen molar-refractivity contribution in [3.8, 4) is 0 Å². The SMILES string of the molecule is O=C1NC(=S)N/C1=C/c1cn(Cc2ccc(F)cc2)c2ccccc12. The van der Waals surface area contributed by atoms with E-state index in [-0.39, 0.29) is 11.7 Å². The number of thiocarbonyl (C=S) groups is 1. The maximum atomic E-state index is 13.1. The van der Waals surface area contributed by atoms with E-state index in [4.69, 9.17) is 12.2 Å². The molecule has 2 aromatic carbocycles. The summed E-state index contributed by atoms with van der Waals surface area (Å²) in [5.74, 6) is -0.485. The summed E-state index contributed by atoms with van der Waals surface area (Å²) in [4.78, 5) is 11.9. The number of rotatable bonds is 3. The summed E-state index contributed by atoms with van der Waals surface area (Å²) in [5.41, 5.74) is 3.38. The number of benzene rings is 2. The number of nitrogens with zero attached hydrogens (tertiary/aromatic N) is 1. The van der Waals surface area contributed by atoms with E-state index in [1.807, 2.05) is 30.5 Å². The van der Waals surface area contributed by atoms with Crippen LogP contribution in [0.1, 0.15) is 11.1 Å². The molecular weight excluding hydrogens is 337 g/mol. The molecule has 1 aliphatic heterocycles. The van der Waals surface area contributed by atoms with Gasteiger partial charge in [0.2, 0.25) is 0 Å². The number of carbonyl (C=O) groups is 1. The third kappa shape index (κ3) is 3.04. The second-order valence-electron chi connectivity index (χ2n) is 5.82. The number of nitrogens with one attached hydrogen (secondary N) is 2. The highest BCUT2D eigenvalue weighted by atomic mass is 32.1. The number of amides is 1. The van der Waals surface area contributed by atoms with Gasteiger partial charge in [-0.2, -0.15) is 0 Å². The van der Waals surface area contributed by atoms with Crippen molar-refractivity contribution in [1.82, 2.24) is 15.2 Å². The van der Waals surface area contributed by atoms with E-state index in [0.29, 0.717) is 17.4 Å². The van der Waals surface area contributed by atoms with Gasteiger partial charge in [0.1, 0.15) is 11.5 Å². The summed E-state index contributed by atoms with van der Waals surface area (Å²) < 4.78 is 15.2. The predicted octanol–water partition coefficient (Wildman–Crippen LogP) is 3.17. The monoisotopic (exact) mass is 351 g/mol. The van der Waals surface area contributed by atoms with E-state index < -0.39 is 0 Å². The number of fused-ring (bicyclic) bond motifs is 1. The molecule has 3 aromatic rings. The normalized spacial score (nSPS) is 15.6. The molecule has 0 saturated carbocycles. The summed E-state index contributed by atoms with van der Waals surface area (Å²) in [6, 6.07) is 14.4. The first-order valence-corrected chi connectivity index (χ1v) is 8.17. The number of halogens is 1. The molecule has 1 saturated heterocycles. The molecule has 25 heavy (non-hydrogen) atoms. The van der Waals surface area contributed by atoms with E-state index in [9.17, 15) is 9.18 Å². The lowest BCUT2D eigenvalue weighted by atomic mass is 10.1. The van der Waals surface area contributed by atoms with Crippen molar-refractivity contribution >= 4 is 40.2 Å². The van der Waals surface area contributed by atoms with Crippen LogP contribution in [0, 0.1) is 5.82 Å². The highest BCUT2D eigenvalue weighted by Crippen LogP contribution is 2.24. The third-order valence-corrected chi connectivity index (χ3v) is 4.31. The zero-order valence-corrected chi connectivity index (χ0v) is 13.9. The summed E-state index contributed by atoms with van der Waals surface area (Å²) >= 11 is 4.97. The van der Waals surface area contributed by atoms with Crippen LogP contribution < -0.4 is 10.6 Å². The maximum absolute atomic E-state index is 13.1. The van der Waals surface area contributed by atoms with Crippen molar-refractivity contribution in [2.75, 3.05) is 0 Å². The first-order valence-electron chi connectivity index (χ1n) is 7.76. The van der Waals surface area contributed by atoms with Gasteiger partial charge in [-0.1, -0.05) is 30.3 Å². The summed E-state index contributed by atoms with van der Waals surface area (Å²) in [7, 11) is 0. The minimum Gasteiger partial charge on any atom is -0.342 e. The second-order valence-corrected chi connectivity index (χ2v) is 6.23. The first-order chi connectivity index (χ1) is 12.1. The Morgan fingerprint density at radius 1 is 1.08 bits per heavy atom. The highest BCUT2D eigenvalue weighted by molar-refractivity contribution is 7.80. The third-order valence-electron chi connectivity index (χ3n) is 4.11. The Balaban J connectivity index is 1.76. The fourth-order valence-corrected chi connectivity index (χ4v) is 3.15. The van der Waals surface area contributed by atoms with Gasteiger partial charge in [0.15, 0.2) is 5.11 Å². The molecule has 1 amide bonds. The van der Waals surface area contributed by atoms with Crippen LogP contribution in [0.25, 0.3) is 17.0 Å². The van der Waals surface area contributed by atoms with Gasteiger partial charge in [-0.3, -0.25) is 10.1 Å². The molecule has 0 spiro atoms. The zero-order chi connectivity index (χ0) is 17.4. The molecule has 6 heteroatoms. The van der Waals surface area contributed by atoms with Gasteiger partial charge in [0.05, 0.1) is 0 Å². The minimum absolute atomic E-state index is 0.236. The molecule has 1 aromatic heterocycles. The second kappa shape index (κ2) is 6.14. The highest BCUT2D eigenvalue weighted by Gasteiger charge is 2.20. The molecule has 1 fully saturated rings. The lowest BCUT2D eigenvalue weighted by molar-refractivity contribution is -0.115. The van der Waals surface area contributed by atoms with Gasteiger partial charge >= 0.3 is 0 Å². The van der Waals surface area contributed by atoms with Gasteiger partial charge in [0, 0.05) is 29.2 Å². The van der Waals surface area contributed by atoms with Crippen LogP contribution in [0.3, 0.4) is 0 Å². The Labute approximate surface area is 149 Å². The zero-order valence-electron chi connectivity index (χ0n) is 13.1. The molecule has 4 nitrogen and oxygen atoms in total. The van der Waals surface area contributed by atoms with Crippen LogP contribution in [0.4, 0.5) is 4.39 Å². The average Bonchev–Trinajstić information content (AvgIpc) is 3.10. The minimum atomic E-state index is -0.249. The first kappa shape index (κ1) is 15.5. The Morgan fingerprint density at radius 3 is 2.56 bits per heavy atom. The molecule has 0 radical (unpaired) electrons. The molecule has 1 aliphatic rings. The van der Waals surface area contributed by atoms with Crippen molar-refractivity contribution in [2.45, 2.75) is 6.54 Å². The van der Waals surface area contributed by atoms with Crippen molar-refractivity contribution in [3.05, 3.63) is 77.4 Å². The Bertz CT molecular complexity index is 1020. The maximum Gasteiger partial charge on any atom is 0.273 e. The molecule has 0 aliphatic carbocycles. The number of hydrogen-bond acceptors (Lipinski definition) is 2. The van der Waals surface area contributed by atoms with Crippen LogP contribution in [0.5, 0.6) is 0 Å². The van der Waals surface area contributed by atoms with E-state index >= 15 is 0 Å². The fraction of sp³-hybridized carbons (Fsp3) is 0.0526. The Hall–Kier alpha value is -2.99. The number of hydrogen-bond donors (Lipinski definition) is 2. The Kier molecular flexibility index (Phi) is 3.82. The standard InChI is InChI=1S/C19H14FN3OS/c20-14-7-5-12(6-8-14)10-23-11-13(15-3-1-2-4-17(15)23)9-16-18(24)22-19(25)21-16/h1-9,11H,10H2,(H2,21,22,24,25)/b16-9+. The van der Waals surface area contributed by atoms with Crippen molar-refractivity contribution in [3.63, 3.8) is 0 Å². The van der Waals surface area contributed by atoms with Gasteiger partial charge in [-0.15, -0.1) is 0 Å². The van der Waals surface area contributed by atoms with E-state index in [1.165, 1.54) is 12.1 Å². The lowest BCUT2D eigenvalue weighted by Gasteiger charge is -2.05. The van der Waals surface area contributed by atoms with Crippen LogP contribution in [-0.4, -0.2) is 15.6 Å². The van der Waals surface area contributed by atoms with Crippen LogP contribution in [-0.2, 0) is 11.3 Å². The Morgan fingerprint density at radius 2 is 1.84 bits per heavy atom. The van der Waals surface area contributed by atoms with Gasteiger partial charge in [-0.05, 0) is 42.1 Å². The number of carbonyl (C=O) groups excluding carboxylic acids is 1. The van der Waals surface area contributed by atoms with Gasteiger partial charge in [-0.25, -0.2) is 4.39 Å². The molecular formula is C19H14FN3OS. The van der Waals surface area contributed by atoms with E-state index in [0.717, 1.165) is 22.0 Å². The van der Waals surface area contributed by atoms with E-state index in [2.05, 4.69) is 15.2 Å². The molecule has 2 N–H and O–H groups in total. The fourth-order valence-electron chi connectivity index (χ4n) is 2.95. The predicted molar refractivity (Wildman–Crippen MR) is 99.3 cm³/mol. The molecule has 2 heterocycles. The largest absolute Gasteiger partial charge is 0.342 e. The van der Waals surface area contributed by atoms with Gasteiger partial charge in [0.25, 0.3) is 5.91 Å². The summed E-state index contributed by atoms with van der Waals surface area (Å²) in [5, 5.41) is 6.76. The van der Waals surface area contributed by atoms with Crippen LogP contribution in [0.2, 0.25) is 0 Å². The lowest BCUT2D eigenvalue weighted by Crippen LogP contribution is -2.21. The topological polar surface area (TPSA) is 46.1 Å².